The van der Waals surface area contributed by atoms with E-state index in [0.717, 1.165) is 62.8 Å². The second kappa shape index (κ2) is 16.8. The summed E-state index contributed by atoms with van der Waals surface area (Å²) in [5, 5.41) is 9.75. The number of rotatable bonds is 4. The molecule has 5 aromatic carbocycles. The van der Waals surface area contributed by atoms with E-state index in [4.69, 9.17) is 5.73 Å². The van der Waals surface area contributed by atoms with E-state index in [0.29, 0.717) is 12.1 Å². The number of fused-ring (bicyclic) bond motifs is 3. The molecule has 0 aliphatic heterocycles. The molecule has 1 aliphatic rings. The molecule has 1 saturated carbocycles. The van der Waals surface area contributed by atoms with Crippen molar-refractivity contribution in [3.63, 3.8) is 0 Å². The molecule has 0 amide bonds. The maximum Gasteiger partial charge on any atom is 0.123 e. The van der Waals surface area contributed by atoms with Crippen molar-refractivity contribution in [1.82, 2.24) is 15.0 Å². The van der Waals surface area contributed by atoms with Crippen LogP contribution in [-0.2, 0) is 0 Å². The molecule has 0 unspecified atom stereocenters. The van der Waals surface area contributed by atoms with Gasteiger partial charge in [-0.2, -0.15) is 0 Å². The largest absolute Gasteiger partial charge is 0.382 e. The number of benzene rings is 5. The Morgan fingerprint density at radius 2 is 1.00 bits per heavy atom. The van der Waals surface area contributed by atoms with E-state index in [1.807, 2.05) is 48.8 Å². The van der Waals surface area contributed by atoms with Crippen molar-refractivity contribution >= 4 is 53.9 Å². The number of halogens is 3. The summed E-state index contributed by atoms with van der Waals surface area (Å²) in [5.74, 6) is -0.449. The molecule has 53 heavy (non-hydrogen) atoms. The van der Waals surface area contributed by atoms with Crippen molar-refractivity contribution in [2.24, 2.45) is 5.73 Å². The molecule has 1 aliphatic carbocycles. The van der Waals surface area contributed by atoms with Gasteiger partial charge < -0.3 is 11.1 Å². The maximum atomic E-state index is 13.3. The Morgan fingerprint density at radius 3 is 1.57 bits per heavy atom. The van der Waals surface area contributed by atoms with Gasteiger partial charge in [0.25, 0.3) is 0 Å². The summed E-state index contributed by atoms with van der Waals surface area (Å²) in [6.45, 7) is 0. The van der Waals surface area contributed by atoms with Gasteiger partial charge >= 0.3 is 0 Å². The zero-order chi connectivity index (χ0) is 36.6. The Labute approximate surface area is 316 Å². The van der Waals surface area contributed by atoms with Crippen LogP contribution in [0.3, 0.4) is 0 Å². The van der Waals surface area contributed by atoms with Crippen LogP contribution < -0.4 is 11.1 Å². The average molecular weight is 767 g/mol. The minimum absolute atomic E-state index is 0.221. The highest BCUT2D eigenvalue weighted by Crippen LogP contribution is 2.31. The van der Waals surface area contributed by atoms with Gasteiger partial charge in [-0.15, -0.1) is 0 Å². The average Bonchev–Trinajstić information content (AvgIpc) is 3.20. The molecular formula is C45H38BrF2N5. The fourth-order valence-corrected chi connectivity index (χ4v) is 7.15. The summed E-state index contributed by atoms with van der Waals surface area (Å²) in [6, 6.07) is 37.2. The molecule has 5 nitrogen and oxygen atoms in total. The van der Waals surface area contributed by atoms with Gasteiger partial charge in [-0.25, -0.2) is 8.78 Å². The lowest BCUT2D eigenvalue weighted by atomic mass is 9.91. The third-order valence-electron chi connectivity index (χ3n) is 9.47. The van der Waals surface area contributed by atoms with Crippen LogP contribution in [0, 0.1) is 11.6 Å². The quantitative estimate of drug-likeness (QED) is 0.187. The number of pyridine rings is 3. The van der Waals surface area contributed by atoms with E-state index in [9.17, 15) is 8.78 Å². The fourth-order valence-electron chi connectivity index (χ4n) is 6.68. The highest BCUT2D eigenvalue weighted by Gasteiger charge is 2.18. The Bertz CT molecular complexity index is 2450. The predicted octanol–water partition coefficient (Wildman–Crippen LogP) is 11.8. The molecule has 3 heterocycles. The van der Waals surface area contributed by atoms with Gasteiger partial charge in [-0.1, -0.05) is 66.7 Å². The van der Waals surface area contributed by atoms with Gasteiger partial charge in [0.15, 0.2) is 0 Å². The number of hydrogen-bond donors (Lipinski definition) is 2. The van der Waals surface area contributed by atoms with Gasteiger partial charge in [-0.05, 0) is 112 Å². The fraction of sp³-hybridized carbons (Fsp3) is 0.133. The number of nitrogens with zero attached hydrogens (tertiary/aromatic N) is 3. The van der Waals surface area contributed by atoms with Gasteiger partial charge in [0.05, 0.1) is 0 Å². The highest BCUT2D eigenvalue weighted by molar-refractivity contribution is 9.10. The van der Waals surface area contributed by atoms with Crippen molar-refractivity contribution in [2.45, 2.75) is 37.8 Å². The van der Waals surface area contributed by atoms with Crippen LogP contribution in [0.4, 0.5) is 14.5 Å². The maximum absolute atomic E-state index is 13.3. The first kappa shape index (κ1) is 35.8. The van der Waals surface area contributed by atoms with E-state index >= 15 is 0 Å². The lowest BCUT2D eigenvalue weighted by Gasteiger charge is -2.27. The van der Waals surface area contributed by atoms with Gasteiger partial charge in [0, 0.05) is 92.1 Å². The third kappa shape index (κ3) is 8.91. The van der Waals surface area contributed by atoms with Gasteiger partial charge in [0.1, 0.15) is 11.6 Å². The normalized spacial score (nSPS) is 15.2. The first-order chi connectivity index (χ1) is 25.9. The van der Waals surface area contributed by atoms with Crippen molar-refractivity contribution in [3.05, 3.63) is 169 Å². The van der Waals surface area contributed by atoms with E-state index in [1.165, 1.54) is 45.8 Å². The molecule has 0 spiro atoms. The summed E-state index contributed by atoms with van der Waals surface area (Å²) >= 11 is 3.30. The Kier molecular flexibility index (Phi) is 11.4. The van der Waals surface area contributed by atoms with Crippen LogP contribution in [0.25, 0.3) is 54.6 Å². The molecule has 0 radical (unpaired) electrons. The Balaban J connectivity index is 0.000000131. The lowest BCUT2D eigenvalue weighted by Crippen LogP contribution is -2.32. The third-order valence-corrected chi connectivity index (χ3v) is 10.1. The molecule has 1 fully saturated rings. The molecule has 8 aromatic rings. The standard InChI is InChI=1S/C21H23N3.C15H10FN.C9H5BrFN/c22-17-7-10-18(11-8-17)24-19-9-6-16-13-23-14-21(20(16)12-19)15-4-2-1-3-5-15;16-13-7-6-12-9-17-10-15(14(12)8-13)11-4-2-1-3-5-11;10-9-5-12-4-6-1-2-7(11)3-8(6)9/h1-6,9,12-14,17-18,24H,7-8,10-11,22H2;1-10H;1-5H. The van der Waals surface area contributed by atoms with Crippen LogP contribution >= 0.6 is 15.9 Å². The number of nitrogens with one attached hydrogen (secondary N) is 1. The summed E-state index contributed by atoms with van der Waals surface area (Å²) in [5.41, 5.74) is 11.6. The van der Waals surface area contributed by atoms with Crippen LogP contribution in [-0.4, -0.2) is 27.0 Å². The molecule has 3 aromatic heterocycles. The first-order valence-electron chi connectivity index (χ1n) is 17.6. The van der Waals surface area contributed by atoms with Crippen LogP contribution in [0.15, 0.2) is 157 Å². The van der Waals surface area contributed by atoms with E-state index in [2.05, 4.69) is 78.7 Å². The minimum atomic E-state index is -0.227. The zero-order valence-electron chi connectivity index (χ0n) is 29.0. The van der Waals surface area contributed by atoms with Crippen LogP contribution in [0.5, 0.6) is 0 Å². The van der Waals surface area contributed by atoms with E-state index in [1.54, 1.807) is 43.0 Å². The molecule has 9 rings (SSSR count). The van der Waals surface area contributed by atoms with Crippen molar-refractivity contribution in [1.29, 1.82) is 0 Å². The second-order valence-electron chi connectivity index (χ2n) is 13.2. The van der Waals surface area contributed by atoms with E-state index < -0.39 is 0 Å². The van der Waals surface area contributed by atoms with Gasteiger partial charge in [0.2, 0.25) is 0 Å². The van der Waals surface area contributed by atoms with Crippen molar-refractivity contribution < 1.29 is 8.78 Å². The summed E-state index contributed by atoms with van der Waals surface area (Å²) in [4.78, 5) is 12.6. The molecular weight excluding hydrogens is 728 g/mol. The Hall–Kier alpha value is -5.57. The number of aromatic nitrogens is 3. The van der Waals surface area contributed by atoms with Crippen molar-refractivity contribution in [2.75, 3.05) is 5.32 Å². The molecule has 0 atom stereocenters. The molecule has 8 heteroatoms. The van der Waals surface area contributed by atoms with Gasteiger partial charge in [-0.3, -0.25) is 15.0 Å². The van der Waals surface area contributed by atoms with Crippen LogP contribution in [0.1, 0.15) is 25.7 Å². The topological polar surface area (TPSA) is 76.7 Å². The smallest absolute Gasteiger partial charge is 0.123 e. The number of anilines is 1. The Morgan fingerprint density at radius 1 is 0.528 bits per heavy atom. The van der Waals surface area contributed by atoms with Crippen molar-refractivity contribution in [3.8, 4) is 22.3 Å². The summed E-state index contributed by atoms with van der Waals surface area (Å²) in [7, 11) is 0. The van der Waals surface area contributed by atoms with Crippen LogP contribution in [0.2, 0.25) is 0 Å². The first-order valence-corrected chi connectivity index (χ1v) is 18.4. The monoisotopic (exact) mass is 765 g/mol. The molecule has 264 valence electrons. The molecule has 0 bridgehead atoms. The highest BCUT2D eigenvalue weighted by atomic mass is 79.9. The molecule has 3 N–H and O–H groups in total. The zero-order valence-corrected chi connectivity index (χ0v) is 30.6. The SMILES string of the molecule is Fc1ccc2cncc(-c3ccccc3)c2c1.Fc1ccc2cncc(Br)c2c1.NC1CCC(Nc2ccc3cncc(-c4ccccc4)c3c2)CC1. The summed E-state index contributed by atoms with van der Waals surface area (Å²) in [6.07, 6.45) is 15.3. The molecule has 0 saturated heterocycles. The second-order valence-corrected chi connectivity index (χ2v) is 14.0. The predicted molar refractivity (Wildman–Crippen MR) is 218 cm³/mol. The van der Waals surface area contributed by atoms with E-state index in [-0.39, 0.29) is 11.6 Å². The minimum Gasteiger partial charge on any atom is -0.382 e. The summed E-state index contributed by atoms with van der Waals surface area (Å²) < 4.78 is 26.9. The number of hydrogen-bond acceptors (Lipinski definition) is 5. The lowest BCUT2D eigenvalue weighted by molar-refractivity contribution is 0.411. The number of nitrogens with two attached hydrogens (primary N) is 1.